The topological polar surface area (TPSA) is 39.1 Å². The van der Waals surface area contributed by atoms with Crippen molar-refractivity contribution in [3.8, 4) is 0 Å². The van der Waals surface area contributed by atoms with Crippen molar-refractivity contribution in [3.05, 3.63) is 29.3 Å². The summed E-state index contributed by atoms with van der Waals surface area (Å²) in [6.45, 7) is 14.2. The van der Waals surface area contributed by atoms with E-state index in [0.717, 1.165) is 37.7 Å². The molecule has 0 bridgehead atoms. The molecule has 148 valence electrons. The average Bonchev–Trinajstić information content (AvgIpc) is 2.75. The highest BCUT2D eigenvalue weighted by Gasteiger charge is 2.55. The molecule has 2 aliphatic rings. The summed E-state index contributed by atoms with van der Waals surface area (Å²) >= 11 is 6.07. The van der Waals surface area contributed by atoms with Crippen LogP contribution in [0.25, 0.3) is 0 Å². The Morgan fingerprint density at radius 3 is 2.15 bits per heavy atom. The van der Waals surface area contributed by atoms with Gasteiger partial charge in [-0.05, 0) is 65.9 Å². The summed E-state index contributed by atoms with van der Waals surface area (Å²) in [6, 6.07) is 7.43. The second-order valence-corrected chi connectivity index (χ2v) is 9.66. The Bertz CT molecular complexity index is 728. The van der Waals surface area contributed by atoms with Crippen LogP contribution in [0.2, 0.25) is 5.02 Å². The number of rotatable bonds is 2. The van der Waals surface area contributed by atoms with Crippen LogP contribution in [0, 0.1) is 5.41 Å². The molecule has 5 nitrogen and oxygen atoms in total. The fourth-order valence-electron chi connectivity index (χ4n) is 3.95. The highest BCUT2D eigenvalue weighted by Crippen LogP contribution is 2.40. The number of aliphatic imine (C=N–C) groups is 1. The minimum Gasteiger partial charge on any atom is -0.304 e. The van der Waals surface area contributed by atoms with Crippen LogP contribution in [0.3, 0.4) is 0 Å². The number of carbonyl (C=O) groups excluding carboxylic acids is 1. The Morgan fingerprint density at radius 1 is 1.07 bits per heavy atom. The second kappa shape index (κ2) is 7.19. The number of hydrogen-bond donors (Lipinski definition) is 0. The van der Waals surface area contributed by atoms with Gasteiger partial charge in [-0.25, -0.2) is 0 Å². The molecule has 2 heterocycles. The van der Waals surface area contributed by atoms with Crippen molar-refractivity contribution < 1.29 is 4.79 Å². The first-order valence-electron chi connectivity index (χ1n) is 9.63. The van der Waals surface area contributed by atoms with Crippen molar-refractivity contribution in [1.29, 1.82) is 0 Å². The molecule has 1 aromatic carbocycles. The molecule has 2 fully saturated rings. The average molecular weight is 391 g/mol. The molecule has 0 aromatic heterocycles. The van der Waals surface area contributed by atoms with Crippen LogP contribution in [0.15, 0.2) is 29.3 Å². The third-order valence-electron chi connectivity index (χ3n) is 5.35. The number of hydrogen-bond acceptors (Lipinski definition) is 4. The van der Waals surface area contributed by atoms with Crippen LogP contribution in [0.4, 0.5) is 5.69 Å². The molecule has 27 heavy (non-hydrogen) atoms. The van der Waals surface area contributed by atoms with Gasteiger partial charge in [0.1, 0.15) is 5.84 Å². The van der Waals surface area contributed by atoms with E-state index in [1.165, 1.54) is 0 Å². The molecule has 0 saturated carbocycles. The fraction of sp³-hybridized carbons (Fsp3) is 0.619. The molecule has 3 rings (SSSR count). The van der Waals surface area contributed by atoms with Gasteiger partial charge in [0.05, 0.1) is 22.7 Å². The van der Waals surface area contributed by atoms with Gasteiger partial charge in [-0.2, -0.15) is 0 Å². The fourth-order valence-corrected chi connectivity index (χ4v) is 4.07. The molecule has 0 radical (unpaired) electrons. The molecule has 6 heteroatoms. The van der Waals surface area contributed by atoms with Crippen molar-refractivity contribution in [1.82, 2.24) is 9.80 Å². The molecule has 1 amide bonds. The number of likely N-dealkylation sites (N-methyl/N-ethyl adjacent to an activating group) is 1. The smallest absolute Gasteiger partial charge is 0.240 e. The molecule has 0 aliphatic carbocycles. The molecular formula is C21H31ClN4O. The van der Waals surface area contributed by atoms with Gasteiger partial charge < -0.3 is 4.90 Å². The van der Waals surface area contributed by atoms with Crippen LogP contribution in [-0.2, 0) is 4.79 Å². The van der Waals surface area contributed by atoms with Crippen molar-refractivity contribution in [3.63, 3.8) is 0 Å². The molecule has 1 aromatic rings. The third kappa shape index (κ3) is 4.05. The van der Waals surface area contributed by atoms with Crippen molar-refractivity contribution in [2.24, 2.45) is 10.4 Å². The Morgan fingerprint density at radius 2 is 1.63 bits per heavy atom. The number of anilines is 1. The van der Waals surface area contributed by atoms with Crippen LogP contribution in [-0.4, -0.2) is 66.4 Å². The van der Waals surface area contributed by atoms with Crippen LogP contribution in [0.5, 0.6) is 0 Å². The molecule has 2 saturated heterocycles. The summed E-state index contributed by atoms with van der Waals surface area (Å²) < 4.78 is 0. The van der Waals surface area contributed by atoms with Gasteiger partial charge >= 0.3 is 0 Å². The maximum absolute atomic E-state index is 13.5. The standard InChI is InChI=1S/C21H31ClN4O/c1-20(2,3)23-18-17(25-13-11-24(6)12-14-25)21(4,5)19(27)26(18)16-9-7-15(22)8-10-16/h7-10,17H,11-14H2,1-6H3/b23-18+. The number of benzene rings is 1. The van der Waals surface area contributed by atoms with E-state index in [2.05, 4.69) is 37.6 Å². The molecular weight excluding hydrogens is 360 g/mol. The summed E-state index contributed by atoms with van der Waals surface area (Å²) in [5.41, 5.74) is 0.0163. The Kier molecular flexibility index (Phi) is 5.41. The Labute approximate surface area is 168 Å². The number of amidine groups is 1. The maximum atomic E-state index is 13.5. The van der Waals surface area contributed by atoms with E-state index in [-0.39, 0.29) is 17.5 Å². The van der Waals surface area contributed by atoms with E-state index in [1.807, 2.05) is 43.0 Å². The van der Waals surface area contributed by atoms with Crippen LogP contribution >= 0.6 is 11.6 Å². The van der Waals surface area contributed by atoms with E-state index in [4.69, 9.17) is 16.6 Å². The zero-order chi connectivity index (χ0) is 20.0. The normalized spacial score (nSPS) is 26.2. The minimum atomic E-state index is -0.542. The zero-order valence-corrected chi connectivity index (χ0v) is 18.0. The lowest BCUT2D eigenvalue weighted by Gasteiger charge is -2.40. The first-order valence-corrected chi connectivity index (χ1v) is 10.0. The largest absolute Gasteiger partial charge is 0.304 e. The van der Waals surface area contributed by atoms with Gasteiger partial charge in [0, 0.05) is 31.2 Å². The van der Waals surface area contributed by atoms with E-state index >= 15 is 0 Å². The summed E-state index contributed by atoms with van der Waals surface area (Å²) in [5, 5.41) is 0.662. The molecule has 1 atom stereocenters. The summed E-state index contributed by atoms with van der Waals surface area (Å²) in [4.78, 5) is 25.1. The predicted molar refractivity (Wildman–Crippen MR) is 113 cm³/mol. The van der Waals surface area contributed by atoms with Gasteiger partial charge in [-0.3, -0.25) is 19.6 Å². The number of nitrogens with zero attached hydrogens (tertiary/aromatic N) is 4. The summed E-state index contributed by atoms with van der Waals surface area (Å²) in [6.07, 6.45) is 0. The Hall–Kier alpha value is -1.43. The molecule has 0 N–H and O–H groups in total. The van der Waals surface area contributed by atoms with Crippen LogP contribution < -0.4 is 4.90 Å². The predicted octanol–water partition coefficient (Wildman–Crippen LogP) is 3.53. The van der Waals surface area contributed by atoms with E-state index in [1.54, 1.807) is 0 Å². The third-order valence-corrected chi connectivity index (χ3v) is 5.60. The van der Waals surface area contributed by atoms with Gasteiger partial charge in [-0.1, -0.05) is 11.6 Å². The van der Waals surface area contributed by atoms with Gasteiger partial charge in [-0.15, -0.1) is 0 Å². The first-order chi connectivity index (χ1) is 12.5. The number of carbonyl (C=O) groups is 1. The summed E-state index contributed by atoms with van der Waals surface area (Å²) in [5.74, 6) is 0.945. The maximum Gasteiger partial charge on any atom is 0.240 e. The lowest BCUT2D eigenvalue weighted by atomic mass is 9.85. The van der Waals surface area contributed by atoms with Gasteiger partial charge in [0.15, 0.2) is 0 Å². The monoisotopic (exact) mass is 390 g/mol. The van der Waals surface area contributed by atoms with Crippen molar-refractivity contribution in [2.75, 3.05) is 38.1 Å². The zero-order valence-electron chi connectivity index (χ0n) is 17.3. The first kappa shape index (κ1) is 20.3. The van der Waals surface area contributed by atoms with Gasteiger partial charge in [0.25, 0.3) is 0 Å². The highest BCUT2D eigenvalue weighted by molar-refractivity contribution is 6.31. The van der Waals surface area contributed by atoms with Crippen molar-refractivity contribution in [2.45, 2.75) is 46.2 Å². The number of piperazine rings is 1. The quantitative estimate of drug-likeness (QED) is 0.775. The number of amides is 1. The van der Waals surface area contributed by atoms with E-state index in [0.29, 0.717) is 5.02 Å². The Balaban J connectivity index is 2.09. The van der Waals surface area contributed by atoms with E-state index < -0.39 is 5.41 Å². The highest BCUT2D eigenvalue weighted by atomic mass is 35.5. The summed E-state index contributed by atoms with van der Waals surface area (Å²) in [7, 11) is 2.15. The van der Waals surface area contributed by atoms with Crippen molar-refractivity contribution >= 4 is 29.0 Å². The van der Waals surface area contributed by atoms with Crippen LogP contribution in [0.1, 0.15) is 34.6 Å². The molecule has 2 aliphatic heterocycles. The van der Waals surface area contributed by atoms with Gasteiger partial charge in [0.2, 0.25) is 5.91 Å². The molecule has 1 unspecified atom stereocenters. The minimum absolute atomic E-state index is 0.0337. The second-order valence-electron chi connectivity index (χ2n) is 9.22. The molecule has 0 spiro atoms. The van der Waals surface area contributed by atoms with E-state index in [9.17, 15) is 4.79 Å². The lowest BCUT2D eigenvalue weighted by Crippen LogP contribution is -2.55. The lowest BCUT2D eigenvalue weighted by molar-refractivity contribution is -0.126. The number of halogens is 1. The SMILES string of the molecule is CN1CCN(C2/C(=N\C(C)(C)C)N(c3ccc(Cl)cc3)C(=O)C2(C)C)CC1.